The summed E-state index contributed by atoms with van der Waals surface area (Å²) < 4.78 is 39.1. The molecule has 0 aliphatic rings. The Morgan fingerprint density at radius 2 is 1.84 bits per heavy atom. The first-order valence-corrected chi connectivity index (χ1v) is 10.3. The maximum absolute atomic E-state index is 15.1. The largest absolute Gasteiger partial charge is 0.465 e. The maximum atomic E-state index is 15.1. The van der Waals surface area contributed by atoms with Crippen LogP contribution in [0, 0.1) is 5.41 Å². The molecule has 0 aliphatic carbocycles. The minimum Gasteiger partial charge on any atom is -0.465 e. The number of benzene rings is 1. The van der Waals surface area contributed by atoms with Crippen molar-refractivity contribution in [3.05, 3.63) is 30.3 Å². The van der Waals surface area contributed by atoms with E-state index in [-0.39, 0.29) is 12.4 Å². The Kier molecular flexibility index (Phi) is 8.10. The van der Waals surface area contributed by atoms with Gasteiger partial charge in [0.1, 0.15) is 11.8 Å². The van der Waals surface area contributed by atoms with Gasteiger partial charge in [0.25, 0.3) is 0 Å². The highest BCUT2D eigenvalue weighted by molar-refractivity contribution is 7.58. The Morgan fingerprint density at radius 1 is 1.24 bits per heavy atom. The van der Waals surface area contributed by atoms with Crippen LogP contribution in [0.1, 0.15) is 47.5 Å². The van der Waals surface area contributed by atoms with Gasteiger partial charge >= 0.3 is 13.5 Å². The van der Waals surface area contributed by atoms with Crippen LogP contribution in [-0.4, -0.2) is 24.5 Å². The zero-order chi connectivity index (χ0) is 19.1. The Hall–Kier alpha value is -1.39. The number of hydrogen-bond donors (Lipinski definition) is 1. The van der Waals surface area contributed by atoms with Crippen LogP contribution in [0.3, 0.4) is 0 Å². The van der Waals surface area contributed by atoms with Crippen LogP contribution >= 0.6 is 7.52 Å². The average Bonchev–Trinajstić information content (AvgIpc) is 2.57. The van der Waals surface area contributed by atoms with Gasteiger partial charge in [0, 0.05) is 5.41 Å². The van der Waals surface area contributed by atoms with Gasteiger partial charge in [-0.1, -0.05) is 52.8 Å². The highest BCUT2D eigenvalue weighted by atomic mass is 31.2. The normalized spacial score (nSPS) is 16.6. The molecule has 0 spiro atoms. The number of esters is 1. The molecule has 0 saturated carbocycles. The summed E-state index contributed by atoms with van der Waals surface area (Å²) in [5.41, 5.74) is -0.928. The summed E-state index contributed by atoms with van der Waals surface area (Å²) in [6, 6.07) is 7.48. The highest BCUT2D eigenvalue weighted by Crippen LogP contribution is 2.55. The summed E-state index contributed by atoms with van der Waals surface area (Å²) in [4.78, 5) is 12.2. The quantitative estimate of drug-likeness (QED) is 0.492. The molecule has 25 heavy (non-hydrogen) atoms. The second-order valence-corrected chi connectivity index (χ2v) is 9.05. The molecule has 7 heteroatoms. The van der Waals surface area contributed by atoms with Gasteiger partial charge < -0.3 is 9.26 Å². The van der Waals surface area contributed by atoms with Crippen molar-refractivity contribution in [2.75, 3.05) is 6.61 Å². The van der Waals surface area contributed by atoms with E-state index < -0.39 is 30.9 Å². The monoisotopic (exact) mass is 373 g/mol. The number of ether oxygens (including phenoxy) is 1. The fourth-order valence-corrected chi connectivity index (χ4v) is 4.57. The molecule has 1 aromatic carbocycles. The van der Waals surface area contributed by atoms with E-state index in [4.69, 9.17) is 9.26 Å². The highest BCUT2D eigenvalue weighted by Gasteiger charge is 2.46. The molecule has 142 valence electrons. The SMILES string of the molecule is CCCOC(=O)[C@H](CC)NP(=O)(Oc1ccccc1)C(F)C(C)(C)C. The van der Waals surface area contributed by atoms with Crippen LogP contribution in [0.4, 0.5) is 4.39 Å². The molecule has 0 saturated heterocycles. The van der Waals surface area contributed by atoms with E-state index in [2.05, 4.69) is 5.09 Å². The van der Waals surface area contributed by atoms with Crippen LogP contribution in [0.2, 0.25) is 0 Å². The molecule has 1 N–H and O–H groups in total. The lowest BCUT2D eigenvalue weighted by Gasteiger charge is -2.33. The lowest BCUT2D eigenvalue weighted by Crippen LogP contribution is -2.41. The molecule has 3 atom stereocenters. The molecule has 0 aromatic heterocycles. The zero-order valence-electron chi connectivity index (χ0n) is 15.6. The number of nitrogens with one attached hydrogen (secondary N) is 1. The number of rotatable bonds is 9. The molecular formula is C18H29FNO4P. The molecule has 1 rings (SSSR count). The Bertz CT molecular complexity index is 588. The number of carbonyl (C=O) groups excluding carboxylic acids is 1. The van der Waals surface area contributed by atoms with E-state index in [0.717, 1.165) is 0 Å². The van der Waals surface area contributed by atoms with E-state index in [1.807, 2.05) is 6.92 Å². The molecule has 0 heterocycles. The van der Waals surface area contributed by atoms with E-state index in [0.29, 0.717) is 12.8 Å². The average molecular weight is 373 g/mol. The molecule has 5 nitrogen and oxygen atoms in total. The lowest BCUT2D eigenvalue weighted by molar-refractivity contribution is -0.145. The molecule has 0 aliphatic heterocycles. The van der Waals surface area contributed by atoms with E-state index in [1.165, 1.54) is 0 Å². The summed E-state index contributed by atoms with van der Waals surface area (Å²) in [6.45, 7) is 8.79. The number of alkyl halides is 1. The first-order chi connectivity index (χ1) is 11.6. The number of carbonyl (C=O) groups is 1. The van der Waals surface area contributed by atoms with Crippen LogP contribution in [0.15, 0.2) is 30.3 Å². The van der Waals surface area contributed by atoms with Crippen LogP contribution in [0.5, 0.6) is 5.75 Å². The predicted octanol–water partition coefficient (Wildman–Crippen LogP) is 4.92. The summed E-state index contributed by atoms with van der Waals surface area (Å²) in [7, 11) is -4.03. The zero-order valence-corrected chi connectivity index (χ0v) is 16.5. The van der Waals surface area contributed by atoms with Gasteiger partial charge in [0.15, 0.2) is 0 Å². The Morgan fingerprint density at radius 3 is 2.32 bits per heavy atom. The van der Waals surface area contributed by atoms with Gasteiger partial charge in [-0.15, -0.1) is 0 Å². The number of para-hydroxylation sites is 1. The lowest BCUT2D eigenvalue weighted by atomic mass is 9.99. The summed E-state index contributed by atoms with van der Waals surface area (Å²) >= 11 is 0. The second kappa shape index (κ2) is 9.35. The van der Waals surface area contributed by atoms with Gasteiger partial charge in [0.2, 0.25) is 5.91 Å². The van der Waals surface area contributed by atoms with Crippen molar-refractivity contribution in [3.63, 3.8) is 0 Å². The van der Waals surface area contributed by atoms with Crippen molar-refractivity contribution in [2.24, 2.45) is 5.41 Å². The van der Waals surface area contributed by atoms with E-state index in [1.54, 1.807) is 58.0 Å². The van der Waals surface area contributed by atoms with Crippen molar-refractivity contribution in [1.29, 1.82) is 0 Å². The summed E-state index contributed by atoms with van der Waals surface area (Å²) in [5, 5.41) is 2.63. The predicted molar refractivity (Wildman–Crippen MR) is 97.5 cm³/mol. The third-order valence-corrected chi connectivity index (χ3v) is 6.00. The molecule has 0 bridgehead atoms. The van der Waals surface area contributed by atoms with Crippen molar-refractivity contribution in [2.45, 2.75) is 59.4 Å². The van der Waals surface area contributed by atoms with Gasteiger partial charge in [-0.05, 0) is 25.0 Å². The third kappa shape index (κ3) is 6.44. The molecule has 0 radical (unpaired) electrons. The van der Waals surface area contributed by atoms with E-state index in [9.17, 15) is 9.36 Å². The standard InChI is InChI=1S/C18H29FNO4P/c1-6-13-23-16(21)15(7-2)20-25(22,17(19)18(3,4)5)24-14-11-9-8-10-12-14/h8-12,15,17H,6-7,13H2,1-5H3,(H,20,22)/t15-,17?,25?/m0/s1. The minimum atomic E-state index is -4.03. The topological polar surface area (TPSA) is 64.6 Å². The van der Waals surface area contributed by atoms with Crippen LogP contribution < -0.4 is 9.61 Å². The Labute approximate surface area is 149 Å². The van der Waals surface area contributed by atoms with Gasteiger partial charge in [0.05, 0.1) is 6.61 Å². The van der Waals surface area contributed by atoms with Gasteiger partial charge in [-0.2, -0.15) is 0 Å². The molecule has 0 fully saturated rings. The third-order valence-electron chi connectivity index (χ3n) is 3.47. The van der Waals surface area contributed by atoms with Crippen molar-refractivity contribution < 1.29 is 23.0 Å². The van der Waals surface area contributed by atoms with Crippen molar-refractivity contribution >= 4 is 13.5 Å². The van der Waals surface area contributed by atoms with E-state index >= 15 is 4.39 Å². The number of halogens is 1. The minimum absolute atomic E-state index is 0.263. The first kappa shape index (κ1) is 21.7. The molecular weight excluding hydrogens is 344 g/mol. The Balaban J connectivity index is 3.09. The summed E-state index contributed by atoms with van der Waals surface area (Å²) in [6.07, 6.45) is 0.982. The fourth-order valence-electron chi connectivity index (χ4n) is 2.12. The molecule has 2 unspecified atom stereocenters. The molecule has 0 amide bonds. The van der Waals surface area contributed by atoms with Gasteiger partial charge in [-0.3, -0.25) is 9.36 Å². The summed E-state index contributed by atoms with van der Waals surface area (Å²) in [5.74, 6) is -2.07. The second-order valence-electron chi connectivity index (χ2n) is 6.96. The molecule has 1 aromatic rings. The van der Waals surface area contributed by atoms with Crippen LogP contribution in [-0.2, 0) is 14.1 Å². The maximum Gasteiger partial charge on any atom is 0.351 e. The van der Waals surface area contributed by atoms with Crippen LogP contribution in [0.25, 0.3) is 0 Å². The number of hydrogen-bond acceptors (Lipinski definition) is 4. The smallest absolute Gasteiger partial charge is 0.351 e. The fraction of sp³-hybridized carbons (Fsp3) is 0.611. The van der Waals surface area contributed by atoms with Crippen molar-refractivity contribution in [1.82, 2.24) is 5.09 Å². The first-order valence-electron chi connectivity index (χ1n) is 8.57. The van der Waals surface area contributed by atoms with Crippen molar-refractivity contribution in [3.8, 4) is 5.75 Å². The van der Waals surface area contributed by atoms with Gasteiger partial charge in [-0.25, -0.2) is 9.48 Å².